The van der Waals surface area contributed by atoms with E-state index < -0.39 is 0 Å². The zero-order chi connectivity index (χ0) is 13.9. The van der Waals surface area contributed by atoms with Crippen molar-refractivity contribution in [3.8, 4) is 0 Å². The van der Waals surface area contributed by atoms with Gasteiger partial charge in [0.05, 0.1) is 6.61 Å². The van der Waals surface area contributed by atoms with Crippen LogP contribution in [0.25, 0.3) is 0 Å². The van der Waals surface area contributed by atoms with E-state index in [1.165, 1.54) is 25.7 Å². The highest BCUT2D eigenvalue weighted by Crippen LogP contribution is 2.39. The summed E-state index contributed by atoms with van der Waals surface area (Å²) in [6, 6.07) is 0. The van der Waals surface area contributed by atoms with Gasteiger partial charge in [0.15, 0.2) is 0 Å². The molecule has 0 bridgehead atoms. The molecule has 110 valence electrons. The van der Waals surface area contributed by atoms with E-state index in [0.29, 0.717) is 5.92 Å². The Morgan fingerprint density at radius 1 is 1.15 bits per heavy atom. The summed E-state index contributed by atoms with van der Waals surface area (Å²) in [6.07, 6.45) is 5.12. The summed E-state index contributed by atoms with van der Waals surface area (Å²) in [7, 11) is 1.91. The molecule has 2 N–H and O–H groups in total. The Kier molecular flexibility index (Phi) is 4.05. The van der Waals surface area contributed by atoms with E-state index in [1.807, 2.05) is 7.05 Å². The van der Waals surface area contributed by atoms with Crippen LogP contribution in [-0.4, -0.2) is 36.8 Å². The molecule has 2 aliphatic rings. The number of anilines is 2. The largest absolute Gasteiger partial charge is 0.379 e. The van der Waals surface area contributed by atoms with Gasteiger partial charge >= 0.3 is 0 Å². The molecule has 2 fully saturated rings. The summed E-state index contributed by atoms with van der Waals surface area (Å²) in [6.45, 7) is 4.51. The second-order valence-corrected chi connectivity index (χ2v) is 5.87. The number of hydrogen-bond acceptors (Lipinski definition) is 5. The molecule has 2 aliphatic carbocycles. The van der Waals surface area contributed by atoms with Crippen molar-refractivity contribution in [3.05, 3.63) is 11.4 Å². The maximum absolute atomic E-state index is 5.64. The van der Waals surface area contributed by atoms with Crippen molar-refractivity contribution in [3.63, 3.8) is 0 Å². The van der Waals surface area contributed by atoms with Crippen LogP contribution in [0.15, 0.2) is 0 Å². The Hall–Kier alpha value is -1.36. The number of rotatable bonds is 8. The summed E-state index contributed by atoms with van der Waals surface area (Å²) in [5.41, 5.74) is 1.08. The van der Waals surface area contributed by atoms with Crippen LogP contribution in [0, 0.1) is 12.8 Å². The number of nitrogens with zero attached hydrogens (tertiary/aromatic N) is 2. The predicted octanol–water partition coefficient (Wildman–Crippen LogP) is 2.54. The SMILES string of the molecule is CNc1nc(C2CC2)nc(NCCOCC2CC2)c1C. The molecule has 3 rings (SSSR count). The Balaban J connectivity index is 1.56. The predicted molar refractivity (Wildman–Crippen MR) is 80.3 cm³/mol. The van der Waals surface area contributed by atoms with Gasteiger partial charge in [-0.25, -0.2) is 9.97 Å². The van der Waals surface area contributed by atoms with Crippen LogP contribution >= 0.6 is 0 Å². The molecule has 0 atom stereocenters. The van der Waals surface area contributed by atoms with E-state index in [1.54, 1.807) is 0 Å². The van der Waals surface area contributed by atoms with E-state index in [9.17, 15) is 0 Å². The van der Waals surface area contributed by atoms with Gasteiger partial charge < -0.3 is 15.4 Å². The first kappa shape index (κ1) is 13.6. The summed E-state index contributed by atoms with van der Waals surface area (Å²) >= 11 is 0. The molecule has 1 heterocycles. The molecular formula is C15H24N4O. The van der Waals surface area contributed by atoms with Crippen LogP contribution in [0.2, 0.25) is 0 Å². The molecule has 0 saturated heterocycles. The maximum Gasteiger partial charge on any atom is 0.136 e. The molecule has 0 amide bonds. The topological polar surface area (TPSA) is 59.1 Å². The van der Waals surface area contributed by atoms with Crippen molar-refractivity contribution in [2.75, 3.05) is 37.4 Å². The highest BCUT2D eigenvalue weighted by molar-refractivity contribution is 5.57. The van der Waals surface area contributed by atoms with Crippen molar-refractivity contribution in [1.82, 2.24) is 9.97 Å². The minimum absolute atomic E-state index is 0.564. The number of hydrogen-bond donors (Lipinski definition) is 2. The van der Waals surface area contributed by atoms with Crippen molar-refractivity contribution in [2.24, 2.45) is 5.92 Å². The molecule has 0 aromatic carbocycles. The first-order valence-corrected chi connectivity index (χ1v) is 7.66. The molecule has 5 heteroatoms. The van der Waals surface area contributed by atoms with Gasteiger partial charge in [-0.3, -0.25) is 0 Å². The van der Waals surface area contributed by atoms with Gasteiger partial charge in [0.2, 0.25) is 0 Å². The lowest BCUT2D eigenvalue weighted by Crippen LogP contribution is -2.14. The number of ether oxygens (including phenoxy) is 1. The third-order valence-corrected chi connectivity index (χ3v) is 3.93. The highest BCUT2D eigenvalue weighted by atomic mass is 16.5. The zero-order valence-electron chi connectivity index (χ0n) is 12.4. The van der Waals surface area contributed by atoms with E-state index in [2.05, 4.69) is 27.5 Å². The number of nitrogens with one attached hydrogen (secondary N) is 2. The van der Waals surface area contributed by atoms with E-state index in [0.717, 1.165) is 48.7 Å². The third-order valence-electron chi connectivity index (χ3n) is 3.93. The van der Waals surface area contributed by atoms with Gasteiger partial charge in [-0.15, -0.1) is 0 Å². The number of aromatic nitrogens is 2. The fraction of sp³-hybridized carbons (Fsp3) is 0.733. The van der Waals surface area contributed by atoms with Crippen molar-refractivity contribution >= 4 is 11.6 Å². The Labute approximate surface area is 120 Å². The van der Waals surface area contributed by atoms with E-state index >= 15 is 0 Å². The Morgan fingerprint density at radius 2 is 1.90 bits per heavy atom. The summed E-state index contributed by atoms with van der Waals surface area (Å²) in [5.74, 6) is 4.24. The Morgan fingerprint density at radius 3 is 2.55 bits per heavy atom. The van der Waals surface area contributed by atoms with E-state index in [4.69, 9.17) is 4.74 Å². The fourth-order valence-electron chi connectivity index (χ4n) is 2.25. The highest BCUT2D eigenvalue weighted by Gasteiger charge is 2.28. The van der Waals surface area contributed by atoms with Gasteiger partial charge in [-0.2, -0.15) is 0 Å². The van der Waals surface area contributed by atoms with Crippen LogP contribution in [0.3, 0.4) is 0 Å². The monoisotopic (exact) mass is 276 g/mol. The van der Waals surface area contributed by atoms with Crippen LogP contribution in [-0.2, 0) is 4.74 Å². The van der Waals surface area contributed by atoms with Crippen LogP contribution < -0.4 is 10.6 Å². The normalized spacial score (nSPS) is 18.1. The van der Waals surface area contributed by atoms with Gasteiger partial charge in [0.25, 0.3) is 0 Å². The first-order valence-electron chi connectivity index (χ1n) is 7.66. The molecule has 1 aromatic heterocycles. The summed E-state index contributed by atoms with van der Waals surface area (Å²) < 4.78 is 5.64. The Bertz CT molecular complexity index is 469. The van der Waals surface area contributed by atoms with Gasteiger partial charge in [0.1, 0.15) is 17.5 Å². The van der Waals surface area contributed by atoms with Gasteiger partial charge in [0, 0.05) is 31.7 Å². The average molecular weight is 276 g/mol. The molecule has 0 aliphatic heterocycles. The second kappa shape index (κ2) is 5.95. The van der Waals surface area contributed by atoms with Crippen LogP contribution in [0.1, 0.15) is 43.0 Å². The lowest BCUT2D eigenvalue weighted by atomic mass is 10.2. The molecule has 0 radical (unpaired) electrons. The molecule has 0 spiro atoms. The molecule has 2 saturated carbocycles. The van der Waals surface area contributed by atoms with Crippen molar-refractivity contribution < 1.29 is 4.74 Å². The van der Waals surface area contributed by atoms with Crippen LogP contribution in [0.5, 0.6) is 0 Å². The van der Waals surface area contributed by atoms with Crippen molar-refractivity contribution in [1.29, 1.82) is 0 Å². The summed E-state index contributed by atoms with van der Waals surface area (Å²) in [5, 5.41) is 6.55. The summed E-state index contributed by atoms with van der Waals surface area (Å²) in [4.78, 5) is 9.27. The third kappa shape index (κ3) is 3.39. The molecule has 5 nitrogen and oxygen atoms in total. The lowest BCUT2D eigenvalue weighted by molar-refractivity contribution is 0.134. The first-order chi connectivity index (χ1) is 9.78. The average Bonchev–Trinajstić information content (AvgIpc) is 3.32. The quantitative estimate of drug-likeness (QED) is 0.715. The smallest absolute Gasteiger partial charge is 0.136 e. The lowest BCUT2D eigenvalue weighted by Gasteiger charge is -2.13. The van der Waals surface area contributed by atoms with E-state index in [-0.39, 0.29) is 0 Å². The minimum atomic E-state index is 0.564. The molecule has 20 heavy (non-hydrogen) atoms. The minimum Gasteiger partial charge on any atom is -0.379 e. The van der Waals surface area contributed by atoms with Crippen LogP contribution in [0.4, 0.5) is 11.6 Å². The standard InChI is InChI=1S/C15H24N4O/c1-10-13(16-2)18-15(12-5-6-12)19-14(10)17-7-8-20-9-11-3-4-11/h11-12H,3-9H2,1-2H3,(H2,16,17,18,19). The molecular weight excluding hydrogens is 252 g/mol. The van der Waals surface area contributed by atoms with Crippen molar-refractivity contribution in [2.45, 2.75) is 38.5 Å². The zero-order valence-corrected chi connectivity index (χ0v) is 12.4. The van der Waals surface area contributed by atoms with Gasteiger partial charge in [-0.05, 0) is 38.5 Å². The maximum atomic E-state index is 5.64. The second-order valence-electron chi connectivity index (χ2n) is 5.87. The fourth-order valence-corrected chi connectivity index (χ4v) is 2.25. The molecule has 0 unspecified atom stereocenters. The van der Waals surface area contributed by atoms with Gasteiger partial charge in [-0.1, -0.05) is 0 Å². The molecule has 1 aromatic rings.